The first-order valence-electron chi connectivity index (χ1n) is 6.70. The summed E-state index contributed by atoms with van der Waals surface area (Å²) >= 11 is 7.30. The van der Waals surface area contributed by atoms with Crippen LogP contribution in [0.15, 0.2) is 18.2 Å². The molecule has 0 fully saturated rings. The van der Waals surface area contributed by atoms with E-state index in [2.05, 4.69) is 5.32 Å². The van der Waals surface area contributed by atoms with Crippen molar-refractivity contribution in [3.05, 3.63) is 28.1 Å². The van der Waals surface area contributed by atoms with Crippen molar-refractivity contribution in [2.24, 2.45) is 5.41 Å². The van der Waals surface area contributed by atoms with Crippen molar-refractivity contribution in [3.8, 4) is 0 Å². The molecule has 0 aliphatic rings. The molecule has 0 atom stereocenters. The third-order valence-electron chi connectivity index (χ3n) is 3.41. The fourth-order valence-corrected chi connectivity index (χ4v) is 3.37. The predicted octanol–water partition coefficient (Wildman–Crippen LogP) is 3.28. The maximum absolute atomic E-state index is 12.3. The van der Waals surface area contributed by atoms with Crippen LogP contribution in [0.5, 0.6) is 0 Å². The Morgan fingerprint density at radius 1 is 1.48 bits per heavy atom. The maximum Gasteiger partial charge on any atom is 0.263 e. The van der Waals surface area contributed by atoms with Crippen LogP contribution in [0, 0.1) is 5.41 Å². The molecule has 6 heteroatoms. The van der Waals surface area contributed by atoms with E-state index in [4.69, 9.17) is 22.4 Å². The molecular formula is C15H19ClN2O2S. The van der Waals surface area contributed by atoms with Crippen LogP contribution in [0.2, 0.25) is 5.02 Å². The highest BCUT2D eigenvalue weighted by atomic mass is 35.5. The molecule has 0 bridgehead atoms. The minimum atomic E-state index is -0.184. The Bertz CT molecular complexity index is 667. The summed E-state index contributed by atoms with van der Waals surface area (Å²) in [6, 6.07) is 5.40. The number of carbonyl (C=O) groups is 1. The van der Waals surface area contributed by atoms with Gasteiger partial charge in [0.2, 0.25) is 0 Å². The van der Waals surface area contributed by atoms with E-state index in [0.717, 1.165) is 10.1 Å². The van der Waals surface area contributed by atoms with Crippen LogP contribution in [-0.4, -0.2) is 24.2 Å². The first-order chi connectivity index (χ1) is 9.84. The van der Waals surface area contributed by atoms with Gasteiger partial charge in [0, 0.05) is 28.3 Å². The Kier molecular flexibility index (Phi) is 4.76. The average molecular weight is 327 g/mol. The number of hydrogen-bond acceptors (Lipinski definition) is 4. The zero-order valence-electron chi connectivity index (χ0n) is 12.1. The minimum absolute atomic E-state index is 0.104. The first-order valence-corrected chi connectivity index (χ1v) is 7.90. The van der Waals surface area contributed by atoms with Gasteiger partial charge >= 0.3 is 0 Å². The standard InChI is InChI=1S/C15H19ClN2O2S/c1-15(2,5-6-19)8-18-14(20)13-12(17)10-4-3-9(16)7-11(10)21-13/h3-4,7,19H,5-6,8,17H2,1-2H3,(H,18,20). The molecule has 1 aromatic carbocycles. The fraction of sp³-hybridized carbons (Fsp3) is 0.400. The van der Waals surface area contributed by atoms with Crippen molar-refractivity contribution < 1.29 is 9.90 Å². The summed E-state index contributed by atoms with van der Waals surface area (Å²) in [6.07, 6.45) is 0.630. The van der Waals surface area contributed by atoms with Gasteiger partial charge in [-0.15, -0.1) is 11.3 Å². The molecule has 4 nitrogen and oxygen atoms in total. The quantitative estimate of drug-likeness (QED) is 0.789. The first kappa shape index (κ1) is 16.1. The molecule has 0 spiro atoms. The monoisotopic (exact) mass is 326 g/mol. The summed E-state index contributed by atoms with van der Waals surface area (Å²) in [5.41, 5.74) is 6.39. The van der Waals surface area contributed by atoms with Crippen LogP contribution in [0.1, 0.15) is 29.9 Å². The SMILES string of the molecule is CC(C)(CCO)CNC(=O)c1sc2cc(Cl)ccc2c1N. The number of amides is 1. The van der Waals surface area contributed by atoms with Gasteiger partial charge in [-0.05, 0) is 30.0 Å². The van der Waals surface area contributed by atoms with Gasteiger partial charge < -0.3 is 16.2 Å². The van der Waals surface area contributed by atoms with Crippen LogP contribution in [0.25, 0.3) is 10.1 Å². The zero-order chi connectivity index (χ0) is 15.6. The Morgan fingerprint density at radius 2 is 2.19 bits per heavy atom. The molecular weight excluding hydrogens is 308 g/mol. The highest BCUT2D eigenvalue weighted by Crippen LogP contribution is 2.35. The second kappa shape index (κ2) is 6.22. The number of anilines is 1. The fourth-order valence-electron chi connectivity index (χ4n) is 2.05. The van der Waals surface area contributed by atoms with E-state index in [9.17, 15) is 4.79 Å². The maximum atomic E-state index is 12.3. The molecule has 0 aliphatic carbocycles. The number of halogens is 1. The summed E-state index contributed by atoms with van der Waals surface area (Å²) in [5.74, 6) is -0.184. The molecule has 2 rings (SSSR count). The lowest BCUT2D eigenvalue weighted by atomic mass is 9.90. The van der Waals surface area contributed by atoms with Crippen molar-refractivity contribution in [2.45, 2.75) is 20.3 Å². The van der Waals surface area contributed by atoms with Crippen LogP contribution in [-0.2, 0) is 0 Å². The number of aliphatic hydroxyl groups is 1. The largest absolute Gasteiger partial charge is 0.397 e. The topological polar surface area (TPSA) is 75.3 Å². The summed E-state index contributed by atoms with van der Waals surface area (Å²) in [6.45, 7) is 4.59. The number of hydrogen-bond donors (Lipinski definition) is 3. The van der Waals surface area contributed by atoms with Gasteiger partial charge in [-0.2, -0.15) is 0 Å². The smallest absolute Gasteiger partial charge is 0.263 e. The van der Waals surface area contributed by atoms with E-state index in [1.165, 1.54) is 11.3 Å². The van der Waals surface area contributed by atoms with E-state index in [0.29, 0.717) is 28.6 Å². The second-order valence-corrected chi connectivity index (χ2v) is 7.29. The Hall–Kier alpha value is -1.30. The molecule has 4 N–H and O–H groups in total. The number of aliphatic hydroxyl groups excluding tert-OH is 1. The number of carbonyl (C=O) groups excluding carboxylic acids is 1. The van der Waals surface area contributed by atoms with E-state index < -0.39 is 0 Å². The zero-order valence-corrected chi connectivity index (χ0v) is 13.6. The Morgan fingerprint density at radius 3 is 2.86 bits per heavy atom. The number of nitrogens with two attached hydrogens (primary N) is 1. The highest BCUT2D eigenvalue weighted by Gasteiger charge is 2.21. The Labute approximate surface area is 132 Å². The summed E-state index contributed by atoms with van der Waals surface area (Å²) in [5, 5.41) is 13.4. The van der Waals surface area contributed by atoms with Gasteiger partial charge in [0.1, 0.15) is 4.88 Å². The highest BCUT2D eigenvalue weighted by molar-refractivity contribution is 7.21. The molecule has 1 aromatic heterocycles. The number of benzene rings is 1. The lowest BCUT2D eigenvalue weighted by molar-refractivity contribution is 0.0933. The van der Waals surface area contributed by atoms with Crippen LogP contribution in [0.3, 0.4) is 0 Å². The van der Waals surface area contributed by atoms with Crippen molar-refractivity contribution in [1.82, 2.24) is 5.32 Å². The van der Waals surface area contributed by atoms with E-state index in [-0.39, 0.29) is 17.9 Å². The molecule has 0 aliphatic heterocycles. The number of rotatable bonds is 5. The predicted molar refractivity (Wildman–Crippen MR) is 89.1 cm³/mol. The number of thiophene rings is 1. The van der Waals surface area contributed by atoms with Crippen LogP contribution >= 0.6 is 22.9 Å². The van der Waals surface area contributed by atoms with Crippen molar-refractivity contribution in [3.63, 3.8) is 0 Å². The van der Waals surface area contributed by atoms with E-state index in [1.807, 2.05) is 26.0 Å². The summed E-state index contributed by atoms with van der Waals surface area (Å²) in [7, 11) is 0. The van der Waals surface area contributed by atoms with Gasteiger partial charge in [0.25, 0.3) is 5.91 Å². The van der Waals surface area contributed by atoms with Gasteiger partial charge in [-0.3, -0.25) is 4.79 Å². The lowest BCUT2D eigenvalue weighted by Gasteiger charge is -2.23. The molecule has 0 saturated heterocycles. The molecule has 114 valence electrons. The second-order valence-electron chi connectivity index (χ2n) is 5.81. The average Bonchev–Trinajstić information content (AvgIpc) is 2.73. The third-order valence-corrected chi connectivity index (χ3v) is 4.81. The van der Waals surface area contributed by atoms with Gasteiger partial charge in [0.15, 0.2) is 0 Å². The minimum Gasteiger partial charge on any atom is -0.397 e. The van der Waals surface area contributed by atoms with Crippen LogP contribution in [0.4, 0.5) is 5.69 Å². The molecule has 21 heavy (non-hydrogen) atoms. The van der Waals surface area contributed by atoms with E-state index in [1.54, 1.807) is 6.07 Å². The van der Waals surface area contributed by atoms with Crippen molar-refractivity contribution in [2.75, 3.05) is 18.9 Å². The van der Waals surface area contributed by atoms with Crippen LogP contribution < -0.4 is 11.1 Å². The summed E-state index contributed by atoms with van der Waals surface area (Å²) in [4.78, 5) is 12.8. The summed E-state index contributed by atoms with van der Waals surface area (Å²) < 4.78 is 0.903. The van der Waals surface area contributed by atoms with Crippen molar-refractivity contribution in [1.29, 1.82) is 0 Å². The molecule has 0 saturated carbocycles. The molecule has 1 amide bonds. The molecule has 1 heterocycles. The normalized spacial score (nSPS) is 11.8. The third kappa shape index (κ3) is 3.67. The molecule has 0 unspecified atom stereocenters. The lowest BCUT2D eigenvalue weighted by Crippen LogP contribution is -2.34. The Balaban J connectivity index is 2.18. The number of fused-ring (bicyclic) bond motifs is 1. The van der Waals surface area contributed by atoms with Gasteiger partial charge in [0.05, 0.1) is 5.69 Å². The van der Waals surface area contributed by atoms with E-state index >= 15 is 0 Å². The van der Waals surface area contributed by atoms with Crippen molar-refractivity contribution >= 4 is 44.6 Å². The van der Waals surface area contributed by atoms with Gasteiger partial charge in [-0.25, -0.2) is 0 Å². The molecule has 2 aromatic rings. The number of nitrogens with one attached hydrogen (secondary N) is 1. The van der Waals surface area contributed by atoms with Gasteiger partial charge in [-0.1, -0.05) is 25.4 Å². The molecule has 0 radical (unpaired) electrons. The number of nitrogen functional groups attached to an aromatic ring is 1.